The van der Waals surface area contributed by atoms with E-state index in [2.05, 4.69) is 149 Å². The number of ether oxygens (including phenoxy) is 3. The van der Waals surface area contributed by atoms with Gasteiger partial charge in [-0.25, -0.2) is 68.0 Å². The number of thioether (sulfide) groups is 4. The van der Waals surface area contributed by atoms with Gasteiger partial charge in [0.25, 0.3) is 5.56 Å². The number of H-pyrrole nitrogens is 1. The summed E-state index contributed by atoms with van der Waals surface area (Å²) in [5.41, 5.74) is 17.2. The van der Waals surface area contributed by atoms with E-state index in [1.54, 1.807) is 73.8 Å². The van der Waals surface area contributed by atoms with Crippen molar-refractivity contribution in [3.05, 3.63) is 189 Å². The molecule has 576 valence electrons. The Hall–Kier alpha value is -8.28. The van der Waals surface area contributed by atoms with Crippen LogP contribution in [0.3, 0.4) is 0 Å². The molecule has 0 atom stereocenters. The number of fused-ring (bicyclic) bond motifs is 7. The molecule has 0 amide bonds. The maximum absolute atomic E-state index is 14.5. The van der Waals surface area contributed by atoms with Crippen molar-refractivity contribution >= 4 is 172 Å². The van der Waals surface area contributed by atoms with Gasteiger partial charge in [0.2, 0.25) is 0 Å². The minimum absolute atomic E-state index is 0.148. The lowest BCUT2D eigenvalue weighted by molar-refractivity contribution is 0.00578. The average Bonchev–Trinajstić information content (AvgIpc) is 1.58. The van der Waals surface area contributed by atoms with E-state index < -0.39 is 0 Å². The number of hydrogen-bond donors (Lipinski definition) is 4. The van der Waals surface area contributed by atoms with Gasteiger partial charge in [-0.3, -0.25) is 14.2 Å². The smallest absolute Gasteiger partial charge is 0.493 e. The van der Waals surface area contributed by atoms with Crippen LogP contribution < -0.4 is 41.7 Å². The number of aromatic nitrogens is 16. The Kier molecular flexibility index (Phi) is 26.8. The summed E-state index contributed by atoms with van der Waals surface area (Å²) in [5.74, 6) is 2.88. The van der Waals surface area contributed by atoms with Gasteiger partial charge in [-0.1, -0.05) is 58.6 Å². The Morgan fingerprint density at radius 1 is 0.559 bits per heavy atom. The number of aromatic amines is 1. The first-order chi connectivity index (χ1) is 53.3. The van der Waals surface area contributed by atoms with Gasteiger partial charge >= 0.3 is 7.12 Å². The zero-order valence-electron chi connectivity index (χ0n) is 62.4. The van der Waals surface area contributed by atoms with Crippen LogP contribution in [0.1, 0.15) is 72.5 Å². The highest BCUT2D eigenvalue weighted by molar-refractivity contribution is 14.1. The molecule has 0 aliphatic carbocycles. The van der Waals surface area contributed by atoms with Gasteiger partial charge in [0.1, 0.15) is 51.5 Å². The zero-order valence-corrected chi connectivity index (χ0v) is 70.7. The average molecular weight is 1820 g/mol. The van der Waals surface area contributed by atoms with Crippen molar-refractivity contribution in [1.82, 2.24) is 79.4 Å². The second kappa shape index (κ2) is 36.3. The van der Waals surface area contributed by atoms with Crippen LogP contribution in [0.4, 0.5) is 24.8 Å². The molecule has 10 aromatic heterocycles. The SMILES string of the molecule is CSc1ncc2c(=O)[nH]ccc2n1.CSc1ncc2c(Cl)ncc(I)c2n1.CSc1ncc2c(NCc3c(F)ccc4c3CCO4)ncc(-c3cc(C)nn3C)c2n1.CSc1ncc2c(NCc3c(F)ccc4c3CCO4)ncc(I)c2n1.Cc1cc(B2OC(C)(C)C(C)(C)O2)n(C)n1.NCc1c(F)ccc2c1CCO2. The summed E-state index contributed by atoms with van der Waals surface area (Å²) in [7, 11) is 3.49. The first-order valence-electron chi connectivity index (χ1n) is 34.6. The standard InChI is InChI=1S/C22H21FN6OS.C17H14FIN4OS.C11H19BN2O2.C9H10FNO.C8H5ClIN3S.C8H7N3OS/c1-12-8-18(29(2)28-12)15-10-25-21(16-11-26-22(31-3)27-20(15)16)24-9-14-13-6-7-30-19(13)5-4-17(14)23;1-25-17-22-7-11-15(23-17)13(19)8-21-16(11)20-6-10-9-4-5-24-14(9)3-2-12(10)18;1-8-7-9(14(6)13-8)12-15-10(2,3)11(4,5)16-12;10-8-1-2-9-6(3-4-12-9)7(8)5-11;1-14-8-12-2-4-6(13-8)5(10)3-11-7(4)9;1-13-8-10-4-5-6(11-8)2-3-9-7(5)12/h4-5,8,10-11H,6-7,9H2,1-3H3,(H,24,25);2-3,7-8H,4-6H2,1H3,(H,20,21);7H,1-6H3;1-2H,3-5,11H2;2-3H,1H3;2-4H,1H3,(H,9,12). The van der Waals surface area contributed by atoms with Crippen molar-refractivity contribution in [3.8, 4) is 28.5 Å². The Morgan fingerprint density at radius 3 is 1.48 bits per heavy atom. The number of rotatable bonds is 13. The van der Waals surface area contributed by atoms with E-state index in [4.69, 9.17) is 45.8 Å². The number of anilines is 2. The second-order valence-electron chi connectivity index (χ2n) is 26.1. The van der Waals surface area contributed by atoms with Crippen LogP contribution in [0.5, 0.6) is 17.2 Å². The largest absolute Gasteiger partial charge is 0.514 e. The third kappa shape index (κ3) is 18.7. The molecule has 4 aliphatic rings. The van der Waals surface area contributed by atoms with Crippen molar-refractivity contribution in [2.45, 2.75) is 112 Å². The Labute approximate surface area is 687 Å². The van der Waals surface area contributed by atoms with E-state index in [0.717, 1.165) is 120 Å². The van der Waals surface area contributed by atoms with Gasteiger partial charge < -0.3 is 44.9 Å². The number of pyridine rings is 4. The number of benzene rings is 3. The third-order valence-corrected chi connectivity index (χ3v) is 22.7. The third-order valence-electron chi connectivity index (χ3n) is 18.6. The highest BCUT2D eigenvalue weighted by Crippen LogP contribution is 2.39. The lowest BCUT2D eigenvalue weighted by atomic mass is 9.84. The summed E-state index contributed by atoms with van der Waals surface area (Å²) in [5, 5.41) is 21.5. The Morgan fingerprint density at radius 2 is 0.991 bits per heavy atom. The van der Waals surface area contributed by atoms with Gasteiger partial charge in [-0.15, -0.1) is 0 Å². The summed E-state index contributed by atoms with van der Waals surface area (Å²) < 4.78 is 75.8. The fourth-order valence-electron chi connectivity index (χ4n) is 12.3. The summed E-state index contributed by atoms with van der Waals surface area (Å²) >= 11 is 16.3. The molecule has 1 saturated heterocycles. The highest BCUT2D eigenvalue weighted by Gasteiger charge is 2.53. The fraction of sp³-hybridized carbons (Fsp3) is 0.307. The molecule has 0 bridgehead atoms. The molecule has 17 rings (SSSR count). The number of nitrogens with zero attached hydrogens (tertiary/aromatic N) is 15. The number of hydrogen-bond acceptors (Lipinski definition) is 26. The molecular formula is C75H76BClF3I2N19O6S4. The minimum atomic E-state index is -0.323. The van der Waals surface area contributed by atoms with Crippen LogP contribution in [0.2, 0.25) is 5.15 Å². The molecule has 13 aromatic rings. The molecule has 25 nitrogen and oxygen atoms in total. The molecule has 0 saturated carbocycles. The van der Waals surface area contributed by atoms with Gasteiger partial charge in [0.15, 0.2) is 20.6 Å². The lowest BCUT2D eigenvalue weighted by Gasteiger charge is -2.32. The van der Waals surface area contributed by atoms with Crippen molar-refractivity contribution < 1.29 is 36.7 Å². The van der Waals surface area contributed by atoms with Crippen LogP contribution in [0.15, 0.2) is 130 Å². The van der Waals surface area contributed by atoms with Crippen LogP contribution in [0, 0.1) is 38.4 Å². The molecule has 111 heavy (non-hydrogen) atoms. The predicted molar refractivity (Wildman–Crippen MR) is 450 cm³/mol. The summed E-state index contributed by atoms with van der Waals surface area (Å²) in [6.07, 6.45) is 23.6. The van der Waals surface area contributed by atoms with Gasteiger partial charge in [0, 0.05) is 142 Å². The maximum atomic E-state index is 14.5. The predicted octanol–water partition coefficient (Wildman–Crippen LogP) is 14.5. The number of nitrogens with two attached hydrogens (primary N) is 1. The van der Waals surface area contributed by atoms with Crippen molar-refractivity contribution in [2.24, 2.45) is 19.8 Å². The number of nitrogens with one attached hydrogen (secondary N) is 3. The summed E-state index contributed by atoms with van der Waals surface area (Å²) in [6.45, 7) is 14.8. The molecule has 0 unspecified atom stereocenters. The molecule has 14 heterocycles. The number of halogens is 6. The highest BCUT2D eigenvalue weighted by atomic mass is 127. The van der Waals surface area contributed by atoms with Gasteiger partial charge in [-0.2, -0.15) is 10.2 Å². The van der Waals surface area contributed by atoms with E-state index in [-0.39, 0.29) is 47.9 Å². The first-order valence-corrected chi connectivity index (χ1v) is 42.0. The monoisotopic (exact) mass is 1820 g/mol. The van der Waals surface area contributed by atoms with Crippen molar-refractivity contribution in [1.29, 1.82) is 0 Å². The van der Waals surface area contributed by atoms with Gasteiger partial charge in [0.05, 0.1) is 104 Å². The first kappa shape index (κ1) is 82.2. The molecule has 36 heteroatoms. The van der Waals surface area contributed by atoms with Crippen LogP contribution in [0.25, 0.3) is 54.9 Å². The lowest BCUT2D eigenvalue weighted by Crippen LogP contribution is -2.41. The molecule has 4 aliphatic heterocycles. The Balaban J connectivity index is 0.000000129. The normalized spacial score (nSPS) is 13.9. The molecule has 0 radical (unpaired) electrons. The van der Waals surface area contributed by atoms with Crippen LogP contribution in [-0.4, -0.2) is 143 Å². The molecule has 5 N–H and O–H groups in total. The summed E-state index contributed by atoms with van der Waals surface area (Å²) in [4.78, 5) is 61.7. The molecule has 0 spiro atoms. The Bertz CT molecular complexity index is 5670. The number of aryl methyl sites for hydroxylation is 4. The van der Waals surface area contributed by atoms with E-state index in [1.165, 1.54) is 65.2 Å². The zero-order chi connectivity index (χ0) is 79.0. The van der Waals surface area contributed by atoms with E-state index in [1.807, 2.05) is 74.5 Å². The quantitative estimate of drug-likeness (QED) is 0.0274. The van der Waals surface area contributed by atoms with Crippen molar-refractivity contribution in [2.75, 3.05) is 55.5 Å². The fourth-order valence-corrected chi connectivity index (χ4v) is 15.0. The molecule has 3 aromatic carbocycles. The van der Waals surface area contributed by atoms with Crippen LogP contribution in [-0.2, 0) is 62.3 Å². The minimum Gasteiger partial charge on any atom is -0.493 e. The van der Waals surface area contributed by atoms with Gasteiger partial charge in [-0.05, 0) is 166 Å². The topological polar surface area (TPSA) is 307 Å². The van der Waals surface area contributed by atoms with E-state index >= 15 is 0 Å². The van der Waals surface area contributed by atoms with Crippen LogP contribution >= 0.6 is 104 Å². The molecule has 1 fully saturated rings. The van der Waals surface area contributed by atoms with E-state index in [9.17, 15) is 18.0 Å². The second-order valence-corrected chi connectivity index (χ2v) is 31.9. The maximum Gasteiger partial charge on any atom is 0.514 e. The summed E-state index contributed by atoms with van der Waals surface area (Å²) in [6, 6.07) is 15.1. The van der Waals surface area contributed by atoms with Crippen molar-refractivity contribution in [3.63, 3.8) is 0 Å². The van der Waals surface area contributed by atoms with E-state index in [0.29, 0.717) is 99.2 Å². The molecular weight excluding hydrogens is 1750 g/mol.